The Morgan fingerprint density at radius 1 is 0.941 bits per heavy atom. The molecule has 6 rings (SSSR count). The predicted molar refractivity (Wildman–Crippen MR) is 196 cm³/mol. The van der Waals surface area contributed by atoms with Gasteiger partial charge in [-0.05, 0) is 70.4 Å². The van der Waals surface area contributed by atoms with Gasteiger partial charge in [-0.3, -0.25) is 14.4 Å². The van der Waals surface area contributed by atoms with Crippen molar-refractivity contribution in [1.29, 1.82) is 0 Å². The fourth-order valence-electron chi connectivity index (χ4n) is 7.39. The van der Waals surface area contributed by atoms with Crippen LogP contribution in [0.1, 0.15) is 108 Å². The largest absolute Gasteiger partial charge is 2.00 e. The molecule has 0 radical (unpaired) electrons. The third-order valence-corrected chi connectivity index (χ3v) is 10.7. The Morgan fingerprint density at radius 3 is 2.31 bits per heavy atom. The van der Waals surface area contributed by atoms with E-state index in [4.69, 9.17) is 29.7 Å². The smallest absolute Gasteiger partial charge is 0.664 e. The average Bonchev–Trinajstić information content (AvgIpc) is 3.84. The Morgan fingerprint density at radius 2 is 1.65 bits per heavy atom. The summed E-state index contributed by atoms with van der Waals surface area (Å²) in [6.45, 7) is 13.9. The molecule has 3 aromatic heterocycles. The van der Waals surface area contributed by atoms with E-state index in [1.807, 2.05) is 65.8 Å². The second-order valence-corrected chi connectivity index (χ2v) is 13.4. The number of carbonyl (C=O) groups excluding carboxylic acids is 3. The number of esters is 2. The minimum Gasteiger partial charge on any atom is -0.664 e. The molecule has 0 saturated carbocycles. The number of aliphatic hydroxyl groups excluding tert-OH is 1. The maximum atomic E-state index is 14.2. The summed E-state index contributed by atoms with van der Waals surface area (Å²) in [5.74, 6) is -3.18. The van der Waals surface area contributed by atoms with Crippen LogP contribution in [0.2, 0.25) is 0 Å². The third kappa shape index (κ3) is 6.71. The third-order valence-electron chi connectivity index (χ3n) is 10.7. The molecular formula is C40H44MgN4O6-2. The Kier molecular flexibility index (Phi) is 11.4. The quantitative estimate of drug-likeness (QED) is 0.150. The van der Waals surface area contributed by atoms with Gasteiger partial charge in [0.2, 0.25) is 0 Å². The van der Waals surface area contributed by atoms with Gasteiger partial charge in [0.1, 0.15) is 12.5 Å². The van der Waals surface area contributed by atoms with E-state index in [1.54, 1.807) is 0 Å². The van der Waals surface area contributed by atoms with Crippen LogP contribution in [-0.2, 0) is 32.1 Å². The van der Waals surface area contributed by atoms with Crippen molar-refractivity contribution in [1.82, 2.24) is 15.0 Å². The van der Waals surface area contributed by atoms with Crippen molar-refractivity contribution < 1.29 is 29.0 Å². The summed E-state index contributed by atoms with van der Waals surface area (Å²) >= 11 is 0. The molecular weight excluding hydrogens is 657 g/mol. The second kappa shape index (κ2) is 15.3. The Labute approximate surface area is 314 Å². The number of nitrogens with zero attached hydrogens (tertiary/aromatic N) is 4. The standard InChI is InChI=1S/C40H45N4O6.Mg/c1-9-19(3)13-14-50-33(46)12-11-25-21(5)29-15-27-22(6)26(18-45)32(42-27)16-28-20(4)24(10-2)31(41-28)17-30-23(7)34-38(44-30)35(37(25)43-29)36(39(34)47)40(48)49-8;/h13,15-17,21,25,36,45H,9-12,14,18H2,1-8H3,(H-,43,44,47);/q-3;+2/p-1/b19-13+,28-16-,29-15-,31-17-;/t21-,25-,36+;/m0./s1. The number of hydrogen-bond donors (Lipinski definition) is 1. The molecule has 0 spiro atoms. The van der Waals surface area contributed by atoms with Crippen LogP contribution in [0, 0.1) is 38.5 Å². The first-order valence-corrected chi connectivity index (χ1v) is 17.3. The van der Waals surface area contributed by atoms with Gasteiger partial charge in [-0.1, -0.05) is 72.4 Å². The van der Waals surface area contributed by atoms with Crippen LogP contribution in [0.15, 0.2) is 23.0 Å². The molecule has 11 heteroatoms. The molecule has 1 N–H and O–H groups in total. The normalized spacial score (nSPS) is 23.0. The molecule has 1 saturated heterocycles. The number of methoxy groups -OCH3 is 1. The summed E-state index contributed by atoms with van der Waals surface area (Å²) in [6.07, 6.45) is 9.72. The Hall–Kier alpha value is -4.06. The van der Waals surface area contributed by atoms with E-state index >= 15 is 0 Å². The number of aliphatic hydroxyl groups is 1. The number of allylic oxidation sites excluding steroid dienone is 3. The van der Waals surface area contributed by atoms with E-state index in [-0.39, 0.29) is 66.3 Å². The summed E-state index contributed by atoms with van der Waals surface area (Å²) in [5, 5.41) is 17.1. The second-order valence-electron chi connectivity index (χ2n) is 13.4. The molecule has 3 aliphatic rings. The summed E-state index contributed by atoms with van der Waals surface area (Å²) in [7, 11) is 1.27. The van der Waals surface area contributed by atoms with Crippen LogP contribution < -0.4 is 25.7 Å². The maximum Gasteiger partial charge on any atom is 2.00 e. The summed E-state index contributed by atoms with van der Waals surface area (Å²) in [5.41, 5.74) is 9.71. The van der Waals surface area contributed by atoms with Crippen molar-refractivity contribution in [2.45, 2.75) is 80.8 Å². The van der Waals surface area contributed by atoms with Crippen molar-refractivity contribution in [2.75, 3.05) is 13.7 Å². The molecule has 1 aliphatic carbocycles. The number of aromatic nitrogens is 3. The summed E-state index contributed by atoms with van der Waals surface area (Å²) in [4.78, 5) is 55.4. The molecule has 0 aromatic carbocycles. The van der Waals surface area contributed by atoms with E-state index in [1.165, 1.54) is 7.11 Å². The molecule has 0 unspecified atom stereocenters. The van der Waals surface area contributed by atoms with Crippen LogP contribution in [0.5, 0.6) is 0 Å². The van der Waals surface area contributed by atoms with Crippen LogP contribution in [0.3, 0.4) is 0 Å². The monoisotopic (exact) mass is 700 g/mol. The van der Waals surface area contributed by atoms with Gasteiger partial charge in [0.05, 0.1) is 13.7 Å². The molecule has 8 bridgehead atoms. The summed E-state index contributed by atoms with van der Waals surface area (Å²) in [6, 6.07) is 0. The zero-order chi connectivity index (χ0) is 36.0. The molecule has 5 heterocycles. The Bertz CT molecular complexity index is 2120. The Balaban J connectivity index is 0.00000504. The SMILES string of the molecule is CC/C(C)=C/COC(=O)CC[C@@H]1/C2=C3/c4[n-]c(c(C)c4C(=O)[C@@H]3C(=O)OC)/C=c3\[n-]/c(c(C)c3CC)=C\c3[n-]c(c(C)c3CO)/C=C(\[N-]2)[C@H]1C.[Mg+2]. The van der Waals surface area contributed by atoms with Gasteiger partial charge < -0.3 is 34.8 Å². The van der Waals surface area contributed by atoms with Gasteiger partial charge in [-0.2, -0.15) is 11.4 Å². The fourth-order valence-corrected chi connectivity index (χ4v) is 7.39. The zero-order valence-electron chi connectivity index (χ0n) is 30.8. The topological polar surface area (TPSA) is 146 Å². The first kappa shape index (κ1) is 38.2. The van der Waals surface area contributed by atoms with E-state index < -0.39 is 11.9 Å². The molecule has 1 fully saturated rings. The van der Waals surface area contributed by atoms with Crippen LogP contribution in [0.4, 0.5) is 0 Å². The number of hydrogen-bond acceptors (Lipinski definition) is 6. The zero-order valence-corrected chi connectivity index (χ0v) is 32.2. The average molecular weight is 701 g/mol. The van der Waals surface area contributed by atoms with Crippen molar-refractivity contribution in [3.05, 3.63) is 95.2 Å². The van der Waals surface area contributed by atoms with E-state index in [9.17, 15) is 19.5 Å². The predicted octanol–water partition coefficient (Wildman–Crippen LogP) is 4.19. The van der Waals surface area contributed by atoms with Gasteiger partial charge in [0.15, 0.2) is 5.78 Å². The number of ketones is 1. The fraction of sp³-hybridized carbons (Fsp3) is 0.425. The number of carbonyl (C=O) groups is 3. The minimum absolute atomic E-state index is 0. The number of ether oxygens (including phenoxy) is 2. The van der Waals surface area contributed by atoms with Crippen LogP contribution in [0.25, 0.3) is 29.1 Å². The number of Topliss-reactive ketones (excluding diaryl/α,β-unsaturated/α-hetero) is 1. The first-order valence-electron chi connectivity index (χ1n) is 17.3. The van der Waals surface area contributed by atoms with Gasteiger partial charge >= 0.3 is 35.0 Å². The molecule has 3 atom stereocenters. The van der Waals surface area contributed by atoms with Crippen LogP contribution in [-0.4, -0.2) is 59.6 Å². The van der Waals surface area contributed by atoms with Gasteiger partial charge in [-0.25, -0.2) is 0 Å². The van der Waals surface area contributed by atoms with Gasteiger partial charge in [0.25, 0.3) is 0 Å². The molecule has 2 aliphatic heterocycles. The van der Waals surface area contributed by atoms with Crippen molar-refractivity contribution in [3.8, 4) is 0 Å². The maximum absolute atomic E-state index is 14.2. The first-order chi connectivity index (χ1) is 23.9. The van der Waals surface area contributed by atoms with Crippen molar-refractivity contribution >= 4 is 64.6 Å². The van der Waals surface area contributed by atoms with Gasteiger partial charge in [0, 0.05) is 12.0 Å². The summed E-state index contributed by atoms with van der Waals surface area (Å²) < 4.78 is 10.7. The van der Waals surface area contributed by atoms with Crippen molar-refractivity contribution in [3.63, 3.8) is 0 Å². The van der Waals surface area contributed by atoms with Gasteiger partial charge in [-0.15, -0.1) is 33.5 Å². The molecule has 3 aromatic rings. The molecule has 264 valence electrons. The number of rotatable bonds is 9. The molecule has 51 heavy (non-hydrogen) atoms. The van der Waals surface area contributed by atoms with E-state index in [2.05, 4.69) is 6.92 Å². The molecule has 0 amide bonds. The number of fused-ring (bicyclic) bond motifs is 7. The van der Waals surface area contributed by atoms with Crippen molar-refractivity contribution in [2.24, 2.45) is 17.8 Å². The van der Waals surface area contributed by atoms with E-state index in [0.717, 1.165) is 45.8 Å². The minimum atomic E-state index is -1.23. The van der Waals surface area contributed by atoms with E-state index in [0.29, 0.717) is 62.9 Å². The van der Waals surface area contributed by atoms with Crippen LogP contribution >= 0.6 is 0 Å². The molecule has 10 nitrogen and oxygen atoms in total.